The summed E-state index contributed by atoms with van der Waals surface area (Å²) in [7, 11) is 0. The molecule has 94 valence electrons. The van der Waals surface area contributed by atoms with Crippen LogP contribution in [0.1, 0.15) is 12.5 Å². The molecule has 17 heavy (non-hydrogen) atoms. The third-order valence-corrected chi connectivity index (χ3v) is 3.52. The first-order valence-corrected chi connectivity index (χ1v) is 6.47. The van der Waals surface area contributed by atoms with Gasteiger partial charge in [0.2, 0.25) is 0 Å². The van der Waals surface area contributed by atoms with E-state index >= 15 is 0 Å². The highest BCUT2D eigenvalue weighted by molar-refractivity contribution is 5.16. The van der Waals surface area contributed by atoms with E-state index in [1.165, 1.54) is 19.2 Å². The van der Waals surface area contributed by atoms with Gasteiger partial charge in [0, 0.05) is 32.7 Å². The van der Waals surface area contributed by atoms with Gasteiger partial charge in [-0.05, 0) is 30.7 Å². The topological polar surface area (TPSA) is 6.48 Å². The molecule has 0 bridgehead atoms. The lowest BCUT2D eigenvalue weighted by atomic mass is 10.1. The van der Waals surface area contributed by atoms with Crippen molar-refractivity contribution in [3.8, 4) is 0 Å². The number of hydrogen-bond donors (Lipinski definition) is 0. The standard InChI is InChI=1S/C14H21FN2/c1-2-16-8-10-17(11-9-16)7-6-13-4-3-5-14(15)12-13/h3-5,12H,2,6-11H2,1H3. The molecule has 1 aliphatic heterocycles. The Labute approximate surface area is 103 Å². The minimum atomic E-state index is -0.127. The maximum absolute atomic E-state index is 13.0. The summed E-state index contributed by atoms with van der Waals surface area (Å²) in [5.74, 6) is -0.127. The fourth-order valence-corrected chi connectivity index (χ4v) is 2.31. The van der Waals surface area contributed by atoms with Gasteiger partial charge in [-0.3, -0.25) is 0 Å². The molecule has 0 saturated carbocycles. The summed E-state index contributed by atoms with van der Waals surface area (Å²) < 4.78 is 13.0. The van der Waals surface area contributed by atoms with Crippen LogP contribution in [-0.4, -0.2) is 49.1 Å². The van der Waals surface area contributed by atoms with Crippen molar-refractivity contribution in [3.05, 3.63) is 35.6 Å². The maximum Gasteiger partial charge on any atom is 0.123 e. The highest BCUT2D eigenvalue weighted by Crippen LogP contribution is 2.07. The van der Waals surface area contributed by atoms with Crippen molar-refractivity contribution in [2.45, 2.75) is 13.3 Å². The van der Waals surface area contributed by atoms with E-state index in [0.29, 0.717) is 0 Å². The molecule has 1 fully saturated rings. The van der Waals surface area contributed by atoms with Crippen LogP contribution in [0, 0.1) is 5.82 Å². The number of halogens is 1. The van der Waals surface area contributed by atoms with Crippen LogP contribution in [-0.2, 0) is 6.42 Å². The van der Waals surface area contributed by atoms with Gasteiger partial charge in [-0.25, -0.2) is 4.39 Å². The van der Waals surface area contributed by atoms with Gasteiger partial charge in [0.15, 0.2) is 0 Å². The number of rotatable bonds is 4. The summed E-state index contributed by atoms with van der Waals surface area (Å²) in [4.78, 5) is 4.94. The fraction of sp³-hybridized carbons (Fsp3) is 0.571. The number of benzene rings is 1. The van der Waals surface area contributed by atoms with E-state index in [1.54, 1.807) is 12.1 Å². The molecular formula is C14H21FN2. The Morgan fingerprint density at radius 1 is 1.12 bits per heavy atom. The van der Waals surface area contributed by atoms with E-state index in [-0.39, 0.29) is 5.82 Å². The molecule has 0 spiro atoms. The van der Waals surface area contributed by atoms with Gasteiger partial charge in [0.1, 0.15) is 5.82 Å². The van der Waals surface area contributed by atoms with Crippen LogP contribution < -0.4 is 0 Å². The highest BCUT2D eigenvalue weighted by Gasteiger charge is 2.14. The van der Waals surface area contributed by atoms with E-state index in [1.807, 2.05) is 6.07 Å². The van der Waals surface area contributed by atoms with E-state index in [4.69, 9.17) is 0 Å². The van der Waals surface area contributed by atoms with Gasteiger partial charge in [-0.2, -0.15) is 0 Å². The third kappa shape index (κ3) is 3.79. The SMILES string of the molecule is CCN1CCN(CCc2cccc(F)c2)CC1. The number of piperazine rings is 1. The lowest BCUT2D eigenvalue weighted by Gasteiger charge is -2.34. The summed E-state index contributed by atoms with van der Waals surface area (Å²) in [6.45, 7) is 9.02. The molecule has 1 aliphatic rings. The van der Waals surface area contributed by atoms with Gasteiger partial charge < -0.3 is 9.80 Å². The van der Waals surface area contributed by atoms with Gasteiger partial charge in [0.05, 0.1) is 0 Å². The van der Waals surface area contributed by atoms with Crippen molar-refractivity contribution in [1.82, 2.24) is 9.80 Å². The van der Waals surface area contributed by atoms with Crippen LogP contribution in [0.5, 0.6) is 0 Å². The molecule has 1 heterocycles. The summed E-state index contributed by atoms with van der Waals surface area (Å²) in [6.07, 6.45) is 0.948. The van der Waals surface area contributed by atoms with Gasteiger partial charge >= 0.3 is 0 Å². The molecule has 0 N–H and O–H groups in total. The van der Waals surface area contributed by atoms with E-state index in [9.17, 15) is 4.39 Å². The van der Waals surface area contributed by atoms with Gasteiger partial charge in [-0.15, -0.1) is 0 Å². The molecule has 1 aromatic carbocycles. The Morgan fingerprint density at radius 2 is 1.82 bits per heavy atom. The molecule has 1 saturated heterocycles. The second-order valence-corrected chi connectivity index (χ2v) is 4.66. The molecule has 3 heteroatoms. The molecule has 2 rings (SSSR count). The van der Waals surface area contributed by atoms with E-state index in [0.717, 1.165) is 38.2 Å². The molecule has 0 atom stereocenters. The quantitative estimate of drug-likeness (QED) is 0.789. The van der Waals surface area contributed by atoms with E-state index in [2.05, 4.69) is 16.7 Å². The zero-order chi connectivity index (χ0) is 12.1. The van der Waals surface area contributed by atoms with Gasteiger partial charge in [-0.1, -0.05) is 19.1 Å². The Morgan fingerprint density at radius 3 is 2.47 bits per heavy atom. The van der Waals surface area contributed by atoms with Crippen LogP contribution in [0.4, 0.5) is 4.39 Å². The number of nitrogens with zero attached hydrogens (tertiary/aromatic N) is 2. The average molecular weight is 236 g/mol. The van der Waals surface area contributed by atoms with Crippen molar-refractivity contribution in [2.24, 2.45) is 0 Å². The summed E-state index contributed by atoms with van der Waals surface area (Å²) in [5, 5.41) is 0. The lowest BCUT2D eigenvalue weighted by Crippen LogP contribution is -2.46. The molecule has 0 radical (unpaired) electrons. The predicted octanol–water partition coefficient (Wildman–Crippen LogP) is 2.01. The van der Waals surface area contributed by atoms with Crippen LogP contribution >= 0.6 is 0 Å². The summed E-state index contributed by atoms with van der Waals surface area (Å²) in [6, 6.07) is 6.94. The minimum absolute atomic E-state index is 0.127. The summed E-state index contributed by atoms with van der Waals surface area (Å²) in [5.41, 5.74) is 1.10. The average Bonchev–Trinajstić information content (AvgIpc) is 2.37. The normalized spacial score (nSPS) is 18.5. The Hall–Kier alpha value is -0.930. The Bertz CT molecular complexity index is 346. The molecule has 1 aromatic rings. The predicted molar refractivity (Wildman–Crippen MR) is 68.7 cm³/mol. The number of hydrogen-bond acceptors (Lipinski definition) is 2. The van der Waals surface area contributed by atoms with E-state index < -0.39 is 0 Å². The molecule has 0 aromatic heterocycles. The van der Waals surface area contributed by atoms with Crippen LogP contribution in [0.15, 0.2) is 24.3 Å². The second kappa shape index (κ2) is 6.12. The van der Waals surface area contributed by atoms with Crippen molar-refractivity contribution in [3.63, 3.8) is 0 Å². The van der Waals surface area contributed by atoms with Crippen molar-refractivity contribution >= 4 is 0 Å². The smallest absolute Gasteiger partial charge is 0.123 e. The zero-order valence-corrected chi connectivity index (χ0v) is 10.5. The van der Waals surface area contributed by atoms with Crippen LogP contribution in [0.3, 0.4) is 0 Å². The maximum atomic E-state index is 13.0. The summed E-state index contributed by atoms with van der Waals surface area (Å²) >= 11 is 0. The first-order chi connectivity index (χ1) is 8.28. The minimum Gasteiger partial charge on any atom is -0.301 e. The largest absolute Gasteiger partial charge is 0.301 e. The van der Waals surface area contributed by atoms with Crippen LogP contribution in [0.2, 0.25) is 0 Å². The highest BCUT2D eigenvalue weighted by atomic mass is 19.1. The first-order valence-electron chi connectivity index (χ1n) is 6.47. The third-order valence-electron chi connectivity index (χ3n) is 3.52. The molecule has 0 amide bonds. The molecule has 2 nitrogen and oxygen atoms in total. The second-order valence-electron chi connectivity index (χ2n) is 4.66. The van der Waals surface area contributed by atoms with Crippen molar-refractivity contribution in [2.75, 3.05) is 39.3 Å². The fourth-order valence-electron chi connectivity index (χ4n) is 2.31. The van der Waals surface area contributed by atoms with Crippen molar-refractivity contribution in [1.29, 1.82) is 0 Å². The zero-order valence-electron chi connectivity index (χ0n) is 10.5. The molecular weight excluding hydrogens is 215 g/mol. The molecule has 0 aliphatic carbocycles. The number of likely N-dealkylation sites (N-methyl/N-ethyl adjacent to an activating group) is 1. The van der Waals surface area contributed by atoms with Crippen LogP contribution in [0.25, 0.3) is 0 Å². The molecule has 0 unspecified atom stereocenters. The monoisotopic (exact) mass is 236 g/mol. The van der Waals surface area contributed by atoms with Crippen molar-refractivity contribution < 1.29 is 4.39 Å². The lowest BCUT2D eigenvalue weighted by molar-refractivity contribution is 0.138. The van der Waals surface area contributed by atoms with Gasteiger partial charge in [0.25, 0.3) is 0 Å². The first kappa shape index (κ1) is 12.5. The Kier molecular flexibility index (Phi) is 4.51. The Balaban J connectivity index is 1.76.